The number of aryl methyl sites for hydroxylation is 2. The van der Waals surface area contributed by atoms with Crippen LogP contribution in [-0.4, -0.2) is 66.4 Å². The topological polar surface area (TPSA) is 102 Å². The summed E-state index contributed by atoms with van der Waals surface area (Å²) >= 11 is 0. The largest absolute Gasteiger partial charge is 0.339 e. The number of benzene rings is 1. The molecule has 3 heterocycles. The molecule has 0 atom stereocenters. The van der Waals surface area contributed by atoms with Crippen LogP contribution in [0.5, 0.6) is 0 Å². The molecule has 1 fully saturated rings. The van der Waals surface area contributed by atoms with Crippen LogP contribution in [0.25, 0.3) is 5.69 Å². The summed E-state index contributed by atoms with van der Waals surface area (Å²) in [5, 5.41) is 20.1. The molecule has 1 aromatic carbocycles. The molecule has 0 unspecified atom stereocenters. The Kier molecular flexibility index (Phi) is 6.28. The van der Waals surface area contributed by atoms with Gasteiger partial charge in [0.25, 0.3) is 0 Å². The van der Waals surface area contributed by atoms with Gasteiger partial charge >= 0.3 is 5.69 Å². The normalized spacial score (nSPS) is 14.6. The van der Waals surface area contributed by atoms with Crippen molar-refractivity contribution >= 4 is 11.6 Å². The van der Waals surface area contributed by atoms with Crippen molar-refractivity contribution in [3.05, 3.63) is 68.8 Å². The van der Waals surface area contributed by atoms with Crippen LogP contribution in [0.15, 0.2) is 30.3 Å². The molecule has 0 radical (unpaired) electrons. The van der Waals surface area contributed by atoms with E-state index >= 15 is 0 Å². The Morgan fingerprint density at radius 2 is 1.64 bits per heavy atom. The highest BCUT2D eigenvalue weighted by Crippen LogP contribution is 2.23. The summed E-state index contributed by atoms with van der Waals surface area (Å²) in [6, 6.07) is 10.1. The van der Waals surface area contributed by atoms with Crippen molar-refractivity contribution in [1.29, 1.82) is 0 Å². The average Bonchev–Trinajstić information content (AvgIpc) is 3.24. The van der Waals surface area contributed by atoms with E-state index < -0.39 is 4.92 Å². The summed E-state index contributed by atoms with van der Waals surface area (Å²) in [4.78, 5) is 27.7. The highest BCUT2D eigenvalue weighted by Gasteiger charge is 2.26. The number of hydrogen-bond donors (Lipinski definition) is 0. The van der Waals surface area contributed by atoms with Crippen molar-refractivity contribution in [1.82, 2.24) is 29.4 Å². The van der Waals surface area contributed by atoms with E-state index in [1.807, 2.05) is 46.8 Å². The van der Waals surface area contributed by atoms with Gasteiger partial charge < -0.3 is 4.90 Å². The molecule has 0 spiro atoms. The van der Waals surface area contributed by atoms with Gasteiger partial charge in [-0.15, -0.1) is 0 Å². The predicted molar refractivity (Wildman–Crippen MR) is 123 cm³/mol. The van der Waals surface area contributed by atoms with Gasteiger partial charge in [-0.3, -0.25) is 24.5 Å². The Labute approximate surface area is 192 Å². The molecule has 10 heteroatoms. The smallest absolute Gasteiger partial charge is 0.312 e. The standard InChI is InChI=1S/C23H29N7O3/c1-16-21(18(3)29(25-16)20-8-6-5-7-9-20)14-26-10-12-27(13-11-26)22(31)15-28-19(4)23(30(32)33)17(2)24-28/h5-9H,10-15H2,1-4H3. The lowest BCUT2D eigenvalue weighted by Gasteiger charge is -2.34. The van der Waals surface area contributed by atoms with Gasteiger partial charge in [0.15, 0.2) is 0 Å². The number of piperazine rings is 1. The Hall–Kier alpha value is -3.53. The third-order valence-electron chi connectivity index (χ3n) is 6.36. The van der Waals surface area contributed by atoms with Gasteiger partial charge in [-0.05, 0) is 39.8 Å². The quantitative estimate of drug-likeness (QED) is 0.422. The minimum Gasteiger partial charge on any atom is -0.339 e. The Balaban J connectivity index is 1.37. The Bertz CT molecular complexity index is 1170. The second-order valence-electron chi connectivity index (χ2n) is 8.49. The lowest BCUT2D eigenvalue weighted by atomic mass is 10.1. The first-order valence-electron chi connectivity index (χ1n) is 11.0. The molecule has 1 aliphatic heterocycles. The summed E-state index contributed by atoms with van der Waals surface area (Å²) < 4.78 is 3.42. The zero-order valence-electron chi connectivity index (χ0n) is 19.5. The van der Waals surface area contributed by atoms with E-state index in [9.17, 15) is 14.9 Å². The molecule has 2 aromatic heterocycles. The van der Waals surface area contributed by atoms with Crippen LogP contribution < -0.4 is 0 Å². The molecule has 4 rings (SSSR count). The number of carbonyl (C=O) groups excluding carboxylic acids is 1. The fourth-order valence-electron chi connectivity index (χ4n) is 4.44. The van der Waals surface area contributed by atoms with Crippen LogP contribution in [0.4, 0.5) is 5.69 Å². The van der Waals surface area contributed by atoms with Crippen molar-refractivity contribution in [2.24, 2.45) is 0 Å². The molecule has 1 amide bonds. The molecule has 33 heavy (non-hydrogen) atoms. The van der Waals surface area contributed by atoms with Crippen LogP contribution >= 0.6 is 0 Å². The van der Waals surface area contributed by atoms with Gasteiger partial charge in [-0.2, -0.15) is 10.2 Å². The summed E-state index contributed by atoms with van der Waals surface area (Å²) in [7, 11) is 0. The van der Waals surface area contributed by atoms with Crippen molar-refractivity contribution < 1.29 is 9.72 Å². The fraction of sp³-hybridized carbons (Fsp3) is 0.435. The van der Waals surface area contributed by atoms with Crippen molar-refractivity contribution in [3.8, 4) is 5.69 Å². The van der Waals surface area contributed by atoms with Crippen LogP contribution in [-0.2, 0) is 17.9 Å². The molecule has 1 saturated heterocycles. The molecule has 0 aliphatic carbocycles. The van der Waals surface area contributed by atoms with Crippen LogP contribution in [0.3, 0.4) is 0 Å². The molecule has 174 valence electrons. The number of nitrogens with zero attached hydrogens (tertiary/aromatic N) is 7. The molecule has 0 bridgehead atoms. The molecular weight excluding hydrogens is 422 g/mol. The average molecular weight is 452 g/mol. The molecule has 0 N–H and O–H groups in total. The molecule has 1 aliphatic rings. The van der Waals surface area contributed by atoms with Crippen LogP contribution in [0.2, 0.25) is 0 Å². The summed E-state index contributed by atoms with van der Waals surface area (Å²) in [6.45, 7) is 10.9. The highest BCUT2D eigenvalue weighted by atomic mass is 16.6. The maximum absolute atomic E-state index is 12.8. The third kappa shape index (κ3) is 4.51. The van der Waals surface area contributed by atoms with Gasteiger partial charge in [0.05, 0.1) is 16.3 Å². The second-order valence-corrected chi connectivity index (χ2v) is 8.49. The van der Waals surface area contributed by atoms with Crippen LogP contribution in [0.1, 0.15) is 28.3 Å². The fourth-order valence-corrected chi connectivity index (χ4v) is 4.44. The number of rotatable bonds is 6. The zero-order valence-corrected chi connectivity index (χ0v) is 19.5. The van der Waals surface area contributed by atoms with Crippen molar-refractivity contribution in [2.75, 3.05) is 26.2 Å². The third-order valence-corrected chi connectivity index (χ3v) is 6.36. The zero-order chi connectivity index (χ0) is 23.7. The molecule has 3 aromatic rings. The van der Waals surface area contributed by atoms with E-state index in [-0.39, 0.29) is 18.1 Å². The first kappa shape index (κ1) is 22.7. The number of carbonyl (C=O) groups is 1. The minimum absolute atomic E-state index is 0.0164. The first-order chi connectivity index (χ1) is 15.8. The van der Waals surface area contributed by atoms with E-state index in [1.165, 1.54) is 10.2 Å². The second kappa shape index (κ2) is 9.14. The maximum atomic E-state index is 12.8. The van der Waals surface area contributed by atoms with Crippen molar-refractivity contribution in [2.45, 2.75) is 40.8 Å². The summed E-state index contributed by atoms with van der Waals surface area (Å²) in [5.74, 6) is -0.0700. The predicted octanol–water partition coefficient (Wildman–Crippen LogP) is 2.56. The number of para-hydroxylation sites is 1. The highest BCUT2D eigenvalue weighted by molar-refractivity contribution is 5.76. The van der Waals surface area contributed by atoms with E-state index in [4.69, 9.17) is 5.10 Å². The van der Waals surface area contributed by atoms with Gasteiger partial charge in [0.2, 0.25) is 5.91 Å². The minimum atomic E-state index is -0.443. The number of amides is 1. The van der Waals surface area contributed by atoms with Gasteiger partial charge in [-0.25, -0.2) is 4.68 Å². The number of aromatic nitrogens is 4. The Morgan fingerprint density at radius 1 is 0.970 bits per heavy atom. The van der Waals surface area contributed by atoms with E-state index in [0.717, 1.165) is 36.7 Å². The lowest BCUT2D eigenvalue weighted by Crippen LogP contribution is -2.49. The SMILES string of the molecule is Cc1nn(-c2ccccc2)c(C)c1CN1CCN(C(=O)Cn2nc(C)c([N+](=O)[O-])c2C)CC1. The van der Waals surface area contributed by atoms with E-state index in [2.05, 4.69) is 16.9 Å². The Morgan fingerprint density at radius 3 is 2.24 bits per heavy atom. The summed E-state index contributed by atoms with van der Waals surface area (Å²) in [5.41, 5.74) is 5.12. The van der Waals surface area contributed by atoms with E-state index in [1.54, 1.807) is 13.8 Å². The monoisotopic (exact) mass is 451 g/mol. The molecule has 0 saturated carbocycles. The van der Waals surface area contributed by atoms with E-state index in [0.29, 0.717) is 24.5 Å². The number of hydrogen-bond acceptors (Lipinski definition) is 6. The van der Waals surface area contributed by atoms with Crippen molar-refractivity contribution in [3.63, 3.8) is 0 Å². The maximum Gasteiger partial charge on any atom is 0.312 e. The van der Waals surface area contributed by atoms with Gasteiger partial charge in [-0.1, -0.05) is 18.2 Å². The summed E-state index contributed by atoms with van der Waals surface area (Å²) in [6.07, 6.45) is 0. The van der Waals surface area contributed by atoms with Gasteiger partial charge in [0, 0.05) is 44.0 Å². The first-order valence-corrected chi connectivity index (χ1v) is 11.0. The lowest BCUT2D eigenvalue weighted by molar-refractivity contribution is -0.386. The number of nitro groups is 1. The molecule has 10 nitrogen and oxygen atoms in total. The molecular formula is C23H29N7O3. The van der Waals surface area contributed by atoms with Crippen LogP contribution in [0, 0.1) is 37.8 Å². The van der Waals surface area contributed by atoms with Gasteiger partial charge in [0.1, 0.15) is 17.9 Å².